The molecule has 176 valence electrons. The maximum absolute atomic E-state index is 13.1. The van der Waals surface area contributed by atoms with Gasteiger partial charge in [-0.05, 0) is 42.3 Å². The Labute approximate surface area is 194 Å². The second kappa shape index (κ2) is 8.54. The molecule has 2 heterocycles. The molecule has 2 aromatic rings. The molecular formula is C22H26N4O5S2. The molecule has 2 aliphatic heterocycles. The summed E-state index contributed by atoms with van der Waals surface area (Å²) in [5, 5.41) is 0. The number of likely N-dealkylation sites (N-methyl/N-ethyl adjacent to an activating group) is 1. The Kier molecular flexibility index (Phi) is 6.06. The standard InChI is InChI=1S/C22H26N4O5S2/c1-4-25(5-2)33(30,31)17-10-11-19-16(14-17)12-13-26(19)21(27)15-24(3)22-18-8-6-7-9-20(18)32(28,29)23-22/h6-11,14H,4-5,12-13,15H2,1-3H3. The van der Waals surface area contributed by atoms with Crippen molar-refractivity contribution in [1.29, 1.82) is 0 Å². The first-order valence-electron chi connectivity index (χ1n) is 10.7. The molecule has 1 amide bonds. The number of fused-ring (bicyclic) bond motifs is 2. The van der Waals surface area contributed by atoms with E-state index in [-0.39, 0.29) is 28.1 Å². The van der Waals surface area contributed by atoms with Gasteiger partial charge in [0.1, 0.15) is 4.90 Å². The highest BCUT2D eigenvalue weighted by molar-refractivity contribution is 7.90. The van der Waals surface area contributed by atoms with Crippen LogP contribution in [0.1, 0.15) is 25.0 Å². The lowest BCUT2D eigenvalue weighted by atomic mass is 10.2. The fraction of sp³-hybridized carbons (Fsp3) is 0.364. The van der Waals surface area contributed by atoms with Crippen molar-refractivity contribution in [3.8, 4) is 0 Å². The van der Waals surface area contributed by atoms with Crippen LogP contribution < -0.4 is 4.90 Å². The van der Waals surface area contributed by atoms with Crippen LogP contribution in [0.4, 0.5) is 5.69 Å². The van der Waals surface area contributed by atoms with Gasteiger partial charge in [-0.2, -0.15) is 12.7 Å². The van der Waals surface area contributed by atoms with E-state index < -0.39 is 20.0 Å². The molecule has 0 saturated heterocycles. The lowest BCUT2D eigenvalue weighted by Crippen LogP contribution is -2.40. The molecule has 0 radical (unpaired) electrons. The van der Waals surface area contributed by atoms with Crippen molar-refractivity contribution >= 4 is 37.5 Å². The highest BCUT2D eigenvalue weighted by atomic mass is 32.2. The predicted octanol–water partition coefficient (Wildman–Crippen LogP) is 1.69. The number of nitrogens with zero attached hydrogens (tertiary/aromatic N) is 4. The summed E-state index contributed by atoms with van der Waals surface area (Å²) in [6, 6.07) is 11.4. The molecule has 2 aromatic carbocycles. The van der Waals surface area contributed by atoms with Gasteiger partial charge >= 0.3 is 0 Å². The fourth-order valence-electron chi connectivity index (χ4n) is 4.24. The lowest BCUT2D eigenvalue weighted by Gasteiger charge is -2.24. The molecule has 4 rings (SSSR count). The van der Waals surface area contributed by atoms with Crippen molar-refractivity contribution in [2.75, 3.05) is 38.1 Å². The molecule has 0 N–H and O–H groups in total. The molecule has 2 aliphatic rings. The zero-order valence-electron chi connectivity index (χ0n) is 18.7. The summed E-state index contributed by atoms with van der Waals surface area (Å²) in [7, 11) is -5.72. The number of amidine groups is 1. The van der Waals surface area contributed by atoms with E-state index in [1.165, 1.54) is 21.3 Å². The molecular weight excluding hydrogens is 464 g/mol. The molecule has 11 heteroatoms. The van der Waals surface area contributed by atoms with Crippen LogP contribution in [0, 0.1) is 0 Å². The predicted molar refractivity (Wildman–Crippen MR) is 125 cm³/mol. The van der Waals surface area contributed by atoms with Crippen molar-refractivity contribution in [3.63, 3.8) is 0 Å². The fourth-order valence-corrected chi connectivity index (χ4v) is 7.00. The van der Waals surface area contributed by atoms with Crippen LogP contribution in [-0.2, 0) is 31.3 Å². The minimum atomic E-state index is -3.77. The van der Waals surface area contributed by atoms with Gasteiger partial charge in [0.2, 0.25) is 15.9 Å². The van der Waals surface area contributed by atoms with Gasteiger partial charge in [-0.1, -0.05) is 26.0 Å². The van der Waals surface area contributed by atoms with Gasteiger partial charge in [0.25, 0.3) is 10.0 Å². The van der Waals surface area contributed by atoms with E-state index in [9.17, 15) is 21.6 Å². The number of anilines is 1. The molecule has 33 heavy (non-hydrogen) atoms. The number of carbonyl (C=O) groups excluding carboxylic acids is 1. The van der Waals surface area contributed by atoms with Crippen LogP contribution in [0.3, 0.4) is 0 Å². The minimum Gasteiger partial charge on any atom is -0.349 e. The van der Waals surface area contributed by atoms with Gasteiger partial charge in [-0.3, -0.25) is 4.79 Å². The molecule has 0 atom stereocenters. The average molecular weight is 491 g/mol. The van der Waals surface area contributed by atoms with E-state index in [2.05, 4.69) is 4.40 Å². The summed E-state index contributed by atoms with van der Waals surface area (Å²) >= 11 is 0. The summed E-state index contributed by atoms with van der Waals surface area (Å²) in [4.78, 5) is 16.6. The first kappa shape index (κ1) is 23.4. The topological polar surface area (TPSA) is 107 Å². The third kappa shape index (κ3) is 4.04. The lowest BCUT2D eigenvalue weighted by molar-refractivity contribution is -0.118. The number of benzene rings is 2. The summed E-state index contributed by atoms with van der Waals surface area (Å²) < 4.78 is 55.6. The van der Waals surface area contributed by atoms with E-state index in [0.717, 1.165) is 5.56 Å². The molecule has 0 unspecified atom stereocenters. The van der Waals surface area contributed by atoms with Gasteiger partial charge in [0, 0.05) is 37.9 Å². The maximum Gasteiger partial charge on any atom is 0.285 e. The van der Waals surface area contributed by atoms with Crippen LogP contribution in [0.5, 0.6) is 0 Å². The highest BCUT2D eigenvalue weighted by Gasteiger charge is 2.33. The zero-order valence-corrected chi connectivity index (χ0v) is 20.4. The van der Waals surface area contributed by atoms with Gasteiger partial charge in [-0.15, -0.1) is 4.40 Å². The Morgan fingerprint density at radius 1 is 1.12 bits per heavy atom. The van der Waals surface area contributed by atoms with Crippen molar-refractivity contribution in [2.45, 2.75) is 30.1 Å². The van der Waals surface area contributed by atoms with E-state index in [1.54, 1.807) is 56.1 Å². The Balaban J connectivity index is 1.54. The molecule has 0 aromatic heterocycles. The third-order valence-electron chi connectivity index (χ3n) is 5.94. The first-order chi connectivity index (χ1) is 15.6. The van der Waals surface area contributed by atoms with Crippen molar-refractivity contribution in [3.05, 3.63) is 53.6 Å². The summed E-state index contributed by atoms with van der Waals surface area (Å²) in [6.45, 7) is 4.72. The number of sulfonamides is 2. The highest BCUT2D eigenvalue weighted by Crippen LogP contribution is 2.32. The first-order valence-corrected chi connectivity index (χ1v) is 13.6. The molecule has 0 bridgehead atoms. The molecule has 0 spiro atoms. The number of carbonyl (C=O) groups is 1. The third-order valence-corrected chi connectivity index (χ3v) is 9.31. The van der Waals surface area contributed by atoms with Gasteiger partial charge in [0.15, 0.2) is 5.84 Å². The number of hydrogen-bond acceptors (Lipinski definition) is 6. The van der Waals surface area contributed by atoms with E-state index in [4.69, 9.17) is 0 Å². The van der Waals surface area contributed by atoms with E-state index in [0.29, 0.717) is 37.3 Å². The van der Waals surface area contributed by atoms with Crippen molar-refractivity contribution in [1.82, 2.24) is 9.21 Å². The zero-order chi connectivity index (χ0) is 24.0. The normalized spacial score (nSPS) is 16.5. The van der Waals surface area contributed by atoms with Crippen LogP contribution >= 0.6 is 0 Å². The van der Waals surface area contributed by atoms with Crippen LogP contribution in [0.25, 0.3) is 0 Å². The molecule has 0 fully saturated rings. The molecule has 0 saturated carbocycles. The Morgan fingerprint density at radius 2 is 1.82 bits per heavy atom. The Bertz CT molecular complexity index is 1350. The second-order valence-corrected chi connectivity index (χ2v) is 11.4. The SMILES string of the molecule is CCN(CC)S(=O)(=O)c1ccc2c(c1)CCN2C(=O)CN(C)C1=NS(=O)(=O)c2ccccc21. The molecule has 9 nitrogen and oxygen atoms in total. The second-order valence-electron chi connectivity index (χ2n) is 7.92. The number of rotatable bonds is 6. The molecule has 0 aliphatic carbocycles. The van der Waals surface area contributed by atoms with Crippen LogP contribution in [0.2, 0.25) is 0 Å². The van der Waals surface area contributed by atoms with Gasteiger partial charge in [-0.25, -0.2) is 8.42 Å². The maximum atomic E-state index is 13.1. The quantitative estimate of drug-likeness (QED) is 0.610. The summed E-state index contributed by atoms with van der Waals surface area (Å²) in [6.07, 6.45) is 0.546. The Morgan fingerprint density at radius 3 is 2.52 bits per heavy atom. The summed E-state index contributed by atoms with van der Waals surface area (Å²) in [5.74, 6) is 0.0131. The minimum absolute atomic E-state index is 0.0678. The van der Waals surface area contributed by atoms with Crippen LogP contribution in [-0.4, -0.2) is 71.0 Å². The largest absolute Gasteiger partial charge is 0.349 e. The monoisotopic (exact) mass is 490 g/mol. The van der Waals surface area contributed by atoms with Crippen LogP contribution in [0.15, 0.2) is 56.7 Å². The average Bonchev–Trinajstić information content (AvgIpc) is 3.33. The van der Waals surface area contributed by atoms with Gasteiger partial charge < -0.3 is 9.80 Å². The van der Waals surface area contributed by atoms with Crippen molar-refractivity contribution < 1.29 is 21.6 Å². The van der Waals surface area contributed by atoms with E-state index >= 15 is 0 Å². The number of hydrogen-bond donors (Lipinski definition) is 0. The van der Waals surface area contributed by atoms with Gasteiger partial charge in [0.05, 0.1) is 11.4 Å². The smallest absolute Gasteiger partial charge is 0.285 e. The summed E-state index contributed by atoms with van der Waals surface area (Å²) in [5.41, 5.74) is 1.94. The Hall–Kier alpha value is -2.76. The van der Waals surface area contributed by atoms with Crippen molar-refractivity contribution in [2.24, 2.45) is 4.40 Å². The number of amides is 1. The van der Waals surface area contributed by atoms with E-state index in [1.807, 2.05) is 0 Å².